The van der Waals surface area contributed by atoms with E-state index in [9.17, 15) is 8.42 Å². The first-order chi connectivity index (χ1) is 24.9. The summed E-state index contributed by atoms with van der Waals surface area (Å²) in [7, 11) is -4.17. The molecule has 0 aliphatic carbocycles. The summed E-state index contributed by atoms with van der Waals surface area (Å²) in [6.07, 6.45) is -3.26. The van der Waals surface area contributed by atoms with Crippen molar-refractivity contribution in [3.05, 3.63) is 178 Å². The second-order valence-electron chi connectivity index (χ2n) is 12.2. The van der Waals surface area contributed by atoms with Crippen LogP contribution in [0.25, 0.3) is 4.83 Å². The van der Waals surface area contributed by atoms with Crippen molar-refractivity contribution < 1.29 is 32.1 Å². The van der Waals surface area contributed by atoms with Gasteiger partial charge in [0.15, 0.2) is 12.2 Å². The van der Waals surface area contributed by atoms with Crippen molar-refractivity contribution in [2.75, 3.05) is 6.61 Å². The number of hydrogen-bond donors (Lipinski definition) is 0. The van der Waals surface area contributed by atoms with E-state index in [1.165, 1.54) is 12.1 Å². The van der Waals surface area contributed by atoms with Crippen LogP contribution >= 0.6 is 0 Å². The largest absolute Gasteiger partial charge is 0.488 e. The second kappa shape index (κ2) is 17.9. The summed E-state index contributed by atoms with van der Waals surface area (Å²) >= 11 is 0. The fourth-order valence-electron chi connectivity index (χ4n) is 5.59. The van der Waals surface area contributed by atoms with Gasteiger partial charge in [0, 0.05) is 0 Å². The molecule has 1 aliphatic rings. The van der Waals surface area contributed by atoms with Crippen LogP contribution in [0.1, 0.15) is 27.8 Å². The maximum Gasteiger partial charge on any atom is 0.202 e. The van der Waals surface area contributed by atoms with Gasteiger partial charge in [-0.1, -0.05) is 139 Å². The van der Waals surface area contributed by atoms with Crippen molar-refractivity contribution >= 4 is 15.9 Å². The number of benzene rings is 5. The Hall–Kier alpha value is -4.84. The molecule has 0 radical (unpaired) electrons. The number of aryl methyl sites for hydroxylation is 1. The summed E-state index contributed by atoms with van der Waals surface area (Å²) < 4.78 is 59.2. The van der Waals surface area contributed by atoms with E-state index in [1.54, 1.807) is 12.1 Å². The molecule has 0 saturated carbocycles. The molecule has 1 saturated heterocycles. The van der Waals surface area contributed by atoms with E-state index >= 15 is 0 Å². The van der Waals surface area contributed by atoms with E-state index in [4.69, 9.17) is 23.7 Å². The third-order valence-electron chi connectivity index (χ3n) is 8.31. The maximum absolute atomic E-state index is 13.3. The molecule has 51 heavy (non-hydrogen) atoms. The highest BCUT2D eigenvalue weighted by atomic mass is 32.2. The van der Waals surface area contributed by atoms with Crippen LogP contribution in [0.15, 0.2) is 156 Å². The van der Waals surface area contributed by atoms with Gasteiger partial charge in [-0.05, 0) is 41.3 Å². The van der Waals surface area contributed by atoms with Crippen molar-refractivity contribution in [2.24, 2.45) is 5.10 Å². The molecule has 264 valence electrons. The number of nitrogens with zero attached hydrogens (tertiary/aromatic N) is 2. The molecule has 0 N–H and O–H groups in total. The van der Waals surface area contributed by atoms with Crippen LogP contribution < -0.4 is 0 Å². The molecule has 1 fully saturated rings. The van der Waals surface area contributed by atoms with Gasteiger partial charge < -0.3 is 33.6 Å². The Balaban J connectivity index is 1.35. The van der Waals surface area contributed by atoms with Crippen LogP contribution in [0.5, 0.6) is 0 Å². The van der Waals surface area contributed by atoms with Crippen LogP contribution in [-0.4, -0.2) is 45.3 Å². The smallest absolute Gasteiger partial charge is 0.202 e. The lowest BCUT2D eigenvalue weighted by Crippen LogP contribution is -2.59. The van der Waals surface area contributed by atoms with Gasteiger partial charge in [0.05, 0.1) is 37.9 Å². The Bertz CT molecular complexity index is 1910. The molecule has 1 heterocycles. The van der Waals surface area contributed by atoms with Gasteiger partial charge in [0.2, 0.25) is 5.90 Å². The van der Waals surface area contributed by atoms with Gasteiger partial charge in [-0.15, -0.1) is 0 Å². The standard InChI is InChI=1S/C41H41N2O7S/c1-31-22-24-36(25-23-31)51(44,45)43-42-41-40(49-29-35-20-12-5-13-21-35)39(48-28-34-18-10-4-11-19-34)38(47-27-33-16-8-3-9-17-33)37(50-41)30-46-26-32-14-6-2-7-15-32/h2-25,37-40H,26-30H2,1H3/q-1/b42-41-/t37-,38-,39+,40-/m1/s1. The minimum absolute atomic E-state index is 0.0127. The lowest BCUT2D eigenvalue weighted by Gasteiger charge is -2.43. The predicted octanol–water partition coefficient (Wildman–Crippen LogP) is 7.74. The monoisotopic (exact) mass is 705 g/mol. The third kappa shape index (κ3) is 10.3. The van der Waals surface area contributed by atoms with E-state index in [2.05, 4.69) is 9.93 Å². The van der Waals surface area contributed by atoms with Gasteiger partial charge in [-0.3, -0.25) is 0 Å². The van der Waals surface area contributed by atoms with Crippen LogP contribution in [-0.2, 0) is 60.1 Å². The molecule has 5 aromatic carbocycles. The SMILES string of the molecule is Cc1ccc(S(=O)(=O)[N-]/N=C2\O[C@H](COCc3ccccc3)[C@@H](OCc3ccccc3)[C@H](OCc3ccccc3)[C@H]2OCc2ccccc2)cc1. The molecular weight excluding hydrogens is 665 g/mol. The van der Waals surface area contributed by atoms with Crippen molar-refractivity contribution in [1.82, 2.24) is 0 Å². The van der Waals surface area contributed by atoms with Crippen LogP contribution in [0, 0.1) is 6.92 Å². The highest BCUT2D eigenvalue weighted by Crippen LogP contribution is 2.30. The molecule has 5 aromatic rings. The van der Waals surface area contributed by atoms with Gasteiger partial charge in [0.25, 0.3) is 0 Å². The summed E-state index contributed by atoms with van der Waals surface area (Å²) in [6.45, 7) is 2.96. The molecule has 0 amide bonds. The number of sulfonamides is 1. The summed E-state index contributed by atoms with van der Waals surface area (Å²) in [6, 6.07) is 45.4. The fraction of sp³-hybridized carbons (Fsp3) is 0.244. The lowest BCUT2D eigenvalue weighted by molar-refractivity contribution is -0.196. The zero-order valence-corrected chi connectivity index (χ0v) is 29.2. The molecular formula is C41H41N2O7S-. The predicted molar refractivity (Wildman–Crippen MR) is 195 cm³/mol. The quantitative estimate of drug-likeness (QED) is 0.0967. The van der Waals surface area contributed by atoms with E-state index in [0.29, 0.717) is 6.61 Å². The molecule has 6 rings (SSSR count). The van der Waals surface area contributed by atoms with Crippen LogP contribution in [0.3, 0.4) is 0 Å². The zero-order chi connectivity index (χ0) is 35.3. The first-order valence-electron chi connectivity index (χ1n) is 16.8. The Morgan fingerprint density at radius 2 is 1.04 bits per heavy atom. The molecule has 1 aliphatic heterocycles. The first-order valence-corrected chi connectivity index (χ1v) is 18.2. The van der Waals surface area contributed by atoms with Crippen LogP contribution in [0.2, 0.25) is 0 Å². The van der Waals surface area contributed by atoms with E-state index in [0.717, 1.165) is 27.8 Å². The fourth-order valence-corrected chi connectivity index (χ4v) is 6.35. The summed E-state index contributed by atoms with van der Waals surface area (Å²) in [5, 5.41) is 4.24. The minimum Gasteiger partial charge on any atom is -0.488 e. The third-order valence-corrected chi connectivity index (χ3v) is 9.47. The molecule has 0 spiro atoms. The Morgan fingerprint density at radius 3 is 1.55 bits per heavy atom. The topological polar surface area (TPSA) is 107 Å². The van der Waals surface area contributed by atoms with Gasteiger partial charge in [-0.25, -0.2) is 8.42 Å². The first kappa shape index (κ1) is 36.0. The molecule has 4 atom stereocenters. The van der Waals surface area contributed by atoms with Crippen molar-refractivity contribution in [1.29, 1.82) is 0 Å². The van der Waals surface area contributed by atoms with Crippen molar-refractivity contribution in [3.8, 4) is 0 Å². The average Bonchev–Trinajstić information content (AvgIpc) is 3.17. The minimum atomic E-state index is -4.17. The normalized spacial score (nSPS) is 19.7. The van der Waals surface area contributed by atoms with E-state index < -0.39 is 34.4 Å². The molecule has 0 bridgehead atoms. The highest BCUT2D eigenvalue weighted by molar-refractivity contribution is 7.93. The summed E-state index contributed by atoms with van der Waals surface area (Å²) in [4.78, 5) is 3.85. The zero-order valence-electron chi connectivity index (χ0n) is 28.4. The molecule has 10 heteroatoms. The van der Waals surface area contributed by atoms with E-state index in [1.807, 2.05) is 128 Å². The maximum atomic E-state index is 13.3. The van der Waals surface area contributed by atoms with Crippen molar-refractivity contribution in [2.45, 2.75) is 62.7 Å². The Labute approximate surface area is 299 Å². The molecule has 0 unspecified atom stereocenters. The number of ether oxygens (including phenoxy) is 5. The molecule has 9 nitrogen and oxygen atoms in total. The van der Waals surface area contributed by atoms with Gasteiger partial charge >= 0.3 is 0 Å². The Kier molecular flexibility index (Phi) is 12.6. The van der Waals surface area contributed by atoms with Gasteiger partial charge in [0.1, 0.15) is 22.2 Å². The molecule has 0 aromatic heterocycles. The van der Waals surface area contributed by atoms with E-state index in [-0.39, 0.29) is 37.2 Å². The second-order valence-corrected chi connectivity index (χ2v) is 13.8. The highest BCUT2D eigenvalue weighted by Gasteiger charge is 2.47. The Morgan fingerprint density at radius 1 is 0.588 bits per heavy atom. The number of hydrogen-bond acceptors (Lipinski definition) is 8. The van der Waals surface area contributed by atoms with Crippen molar-refractivity contribution in [3.63, 3.8) is 0 Å². The number of rotatable bonds is 16. The van der Waals surface area contributed by atoms with Crippen LogP contribution in [0.4, 0.5) is 0 Å². The summed E-state index contributed by atoms with van der Waals surface area (Å²) in [5.41, 5.74) is 4.71. The lowest BCUT2D eigenvalue weighted by atomic mass is 9.98. The average molecular weight is 706 g/mol. The summed E-state index contributed by atoms with van der Waals surface area (Å²) in [5.74, 6) is -0.0486. The van der Waals surface area contributed by atoms with Gasteiger partial charge in [-0.2, -0.15) is 0 Å².